The minimum atomic E-state index is 0.374. The van der Waals surface area contributed by atoms with E-state index in [0.717, 1.165) is 31.7 Å². The Bertz CT molecular complexity index is 835. The maximum atomic E-state index is 6.04. The summed E-state index contributed by atoms with van der Waals surface area (Å²) in [4.78, 5) is 17.9. The molecule has 154 valence electrons. The smallest absolute Gasteiger partial charge is 0.250 e. The van der Waals surface area contributed by atoms with E-state index >= 15 is 0 Å². The first-order chi connectivity index (χ1) is 14.2. The zero-order valence-corrected chi connectivity index (χ0v) is 17.2. The van der Waals surface area contributed by atoms with E-state index in [4.69, 9.17) is 32.7 Å². The fraction of sp³-hybridized carbons (Fsp3) is 0.444. The zero-order chi connectivity index (χ0) is 20.1. The molecule has 4 rings (SSSR count). The number of halogens is 2. The summed E-state index contributed by atoms with van der Waals surface area (Å²) < 4.78 is 10.9. The molecule has 11 heteroatoms. The molecule has 2 aliphatic rings. The van der Waals surface area contributed by atoms with Gasteiger partial charge in [-0.05, 0) is 17.7 Å². The minimum absolute atomic E-state index is 0.374. The summed E-state index contributed by atoms with van der Waals surface area (Å²) in [6.45, 7) is 5.54. The van der Waals surface area contributed by atoms with Crippen LogP contribution in [0.25, 0.3) is 0 Å². The van der Waals surface area contributed by atoms with E-state index in [-0.39, 0.29) is 0 Å². The van der Waals surface area contributed by atoms with Gasteiger partial charge in [-0.25, -0.2) is 5.43 Å². The van der Waals surface area contributed by atoms with Gasteiger partial charge in [0.15, 0.2) is 0 Å². The summed E-state index contributed by atoms with van der Waals surface area (Å²) in [5.41, 5.74) is 3.71. The lowest BCUT2D eigenvalue weighted by Gasteiger charge is -2.30. The molecule has 2 fully saturated rings. The number of rotatable bonds is 5. The lowest BCUT2D eigenvalue weighted by atomic mass is 10.2. The van der Waals surface area contributed by atoms with E-state index in [9.17, 15) is 0 Å². The third-order valence-corrected chi connectivity index (χ3v) is 5.26. The number of hydrogen-bond acceptors (Lipinski definition) is 9. The first-order valence-corrected chi connectivity index (χ1v) is 10.1. The average Bonchev–Trinajstić information content (AvgIpc) is 2.77. The van der Waals surface area contributed by atoms with Gasteiger partial charge in [0.2, 0.25) is 17.8 Å². The number of anilines is 3. The van der Waals surface area contributed by atoms with Gasteiger partial charge < -0.3 is 19.3 Å². The molecule has 1 aromatic heterocycles. The highest BCUT2D eigenvalue weighted by Crippen LogP contribution is 2.22. The number of hydrogen-bond donors (Lipinski definition) is 1. The second kappa shape index (κ2) is 9.53. The van der Waals surface area contributed by atoms with Crippen molar-refractivity contribution in [2.24, 2.45) is 5.10 Å². The van der Waals surface area contributed by atoms with Crippen LogP contribution < -0.4 is 15.2 Å². The van der Waals surface area contributed by atoms with Gasteiger partial charge in [-0.2, -0.15) is 20.1 Å². The molecule has 29 heavy (non-hydrogen) atoms. The Morgan fingerprint density at radius 2 is 1.45 bits per heavy atom. The molecule has 2 aliphatic heterocycles. The summed E-state index contributed by atoms with van der Waals surface area (Å²) in [5.74, 6) is 1.59. The molecule has 0 amide bonds. The van der Waals surface area contributed by atoms with Gasteiger partial charge in [0.25, 0.3) is 0 Å². The van der Waals surface area contributed by atoms with Crippen LogP contribution in [0.15, 0.2) is 23.3 Å². The number of hydrazone groups is 1. The molecule has 0 saturated carbocycles. The van der Waals surface area contributed by atoms with E-state index in [1.165, 1.54) is 0 Å². The first-order valence-electron chi connectivity index (χ1n) is 9.34. The standard InChI is InChI=1S/C18H21Cl2N7O2/c19-14-2-1-13(11-15(14)20)12-21-25-16-22-17(26-3-7-28-8-4-26)24-18(23-16)27-5-9-29-10-6-27/h1-2,11-12H,3-10H2,(H,22,23,24,25). The third-order valence-electron chi connectivity index (χ3n) is 4.52. The van der Waals surface area contributed by atoms with E-state index in [1.54, 1.807) is 18.3 Å². The Labute approximate surface area is 178 Å². The maximum Gasteiger partial charge on any atom is 0.250 e. The van der Waals surface area contributed by atoms with Crippen LogP contribution in [0, 0.1) is 0 Å². The largest absolute Gasteiger partial charge is 0.378 e. The Morgan fingerprint density at radius 1 is 0.862 bits per heavy atom. The van der Waals surface area contributed by atoms with E-state index in [1.807, 2.05) is 6.07 Å². The van der Waals surface area contributed by atoms with Crippen molar-refractivity contribution >= 4 is 47.3 Å². The van der Waals surface area contributed by atoms with Crippen LogP contribution in [0.2, 0.25) is 10.0 Å². The fourth-order valence-electron chi connectivity index (χ4n) is 2.97. The highest BCUT2D eigenvalue weighted by atomic mass is 35.5. The Hall–Kier alpha value is -2.20. The first kappa shape index (κ1) is 20.1. The molecular formula is C18H21Cl2N7O2. The van der Waals surface area contributed by atoms with Crippen LogP contribution in [0.1, 0.15) is 5.56 Å². The second-order valence-corrected chi connectivity index (χ2v) is 7.32. The van der Waals surface area contributed by atoms with Crippen molar-refractivity contribution in [2.45, 2.75) is 0 Å². The van der Waals surface area contributed by atoms with E-state index in [2.05, 4.69) is 35.3 Å². The van der Waals surface area contributed by atoms with Crippen molar-refractivity contribution < 1.29 is 9.47 Å². The predicted octanol–water partition coefficient (Wildman–Crippen LogP) is 2.30. The summed E-state index contributed by atoms with van der Waals surface area (Å²) >= 11 is 12.0. The fourth-order valence-corrected chi connectivity index (χ4v) is 3.28. The summed E-state index contributed by atoms with van der Waals surface area (Å²) in [7, 11) is 0. The van der Waals surface area contributed by atoms with Crippen molar-refractivity contribution in [3.05, 3.63) is 33.8 Å². The van der Waals surface area contributed by atoms with Crippen LogP contribution in [0.5, 0.6) is 0 Å². The van der Waals surface area contributed by atoms with Crippen LogP contribution in [-0.2, 0) is 9.47 Å². The molecule has 0 atom stereocenters. The molecular weight excluding hydrogens is 417 g/mol. The number of benzene rings is 1. The average molecular weight is 438 g/mol. The van der Waals surface area contributed by atoms with Crippen LogP contribution >= 0.6 is 23.2 Å². The lowest BCUT2D eigenvalue weighted by Crippen LogP contribution is -2.40. The van der Waals surface area contributed by atoms with Gasteiger partial charge in [-0.15, -0.1) is 0 Å². The van der Waals surface area contributed by atoms with Crippen LogP contribution in [-0.4, -0.2) is 73.8 Å². The Morgan fingerprint density at radius 3 is 2.00 bits per heavy atom. The zero-order valence-electron chi connectivity index (χ0n) is 15.7. The Kier molecular flexibility index (Phi) is 6.60. The molecule has 0 unspecified atom stereocenters. The molecule has 0 radical (unpaired) electrons. The number of morpholine rings is 2. The van der Waals surface area contributed by atoms with Crippen molar-refractivity contribution in [2.75, 3.05) is 67.8 Å². The molecule has 2 saturated heterocycles. The van der Waals surface area contributed by atoms with Gasteiger partial charge in [-0.1, -0.05) is 29.3 Å². The van der Waals surface area contributed by atoms with Crippen molar-refractivity contribution in [3.8, 4) is 0 Å². The van der Waals surface area contributed by atoms with Gasteiger partial charge in [0, 0.05) is 26.2 Å². The SMILES string of the molecule is Clc1ccc(C=NNc2nc(N3CCOCC3)nc(N3CCOCC3)n2)cc1Cl. The second-order valence-electron chi connectivity index (χ2n) is 6.50. The van der Waals surface area contributed by atoms with Crippen molar-refractivity contribution in [1.29, 1.82) is 0 Å². The third kappa shape index (κ3) is 5.24. The van der Waals surface area contributed by atoms with E-state index in [0.29, 0.717) is 54.3 Å². The van der Waals surface area contributed by atoms with E-state index < -0.39 is 0 Å². The molecule has 1 N–H and O–H groups in total. The van der Waals surface area contributed by atoms with Gasteiger partial charge in [0.1, 0.15) is 0 Å². The molecule has 0 bridgehead atoms. The Balaban J connectivity index is 1.55. The molecule has 0 aliphatic carbocycles. The molecule has 0 spiro atoms. The molecule has 3 heterocycles. The number of nitrogens with zero attached hydrogens (tertiary/aromatic N) is 6. The summed E-state index contributed by atoms with van der Waals surface area (Å²) in [6, 6.07) is 5.28. The number of nitrogens with one attached hydrogen (secondary N) is 1. The highest BCUT2D eigenvalue weighted by Gasteiger charge is 2.20. The van der Waals surface area contributed by atoms with Gasteiger partial charge in [0.05, 0.1) is 42.7 Å². The molecule has 1 aromatic carbocycles. The monoisotopic (exact) mass is 437 g/mol. The molecule has 2 aromatic rings. The van der Waals surface area contributed by atoms with Gasteiger partial charge >= 0.3 is 0 Å². The van der Waals surface area contributed by atoms with Gasteiger partial charge in [-0.3, -0.25) is 0 Å². The van der Waals surface area contributed by atoms with Crippen molar-refractivity contribution in [1.82, 2.24) is 15.0 Å². The number of ether oxygens (including phenoxy) is 2. The topological polar surface area (TPSA) is 88.0 Å². The predicted molar refractivity (Wildman–Crippen MR) is 114 cm³/mol. The minimum Gasteiger partial charge on any atom is -0.378 e. The van der Waals surface area contributed by atoms with Crippen LogP contribution in [0.4, 0.5) is 17.8 Å². The normalized spacial score (nSPS) is 17.7. The summed E-state index contributed by atoms with van der Waals surface area (Å²) in [6.07, 6.45) is 1.63. The van der Waals surface area contributed by atoms with Crippen molar-refractivity contribution in [3.63, 3.8) is 0 Å². The molecule has 9 nitrogen and oxygen atoms in total. The quantitative estimate of drug-likeness (QED) is 0.562. The summed E-state index contributed by atoms with van der Waals surface area (Å²) in [5, 5.41) is 5.21. The van der Waals surface area contributed by atoms with Crippen LogP contribution in [0.3, 0.4) is 0 Å². The maximum absolute atomic E-state index is 6.04. The lowest BCUT2D eigenvalue weighted by molar-refractivity contribution is 0.121. The number of aromatic nitrogens is 3. The highest BCUT2D eigenvalue weighted by molar-refractivity contribution is 6.42.